The number of rotatable bonds is 8. The minimum absolute atomic E-state index is 0.138. The average Bonchev–Trinajstić information content (AvgIpc) is 3.28. The third-order valence-electron chi connectivity index (χ3n) is 5.82. The van der Waals surface area contributed by atoms with Crippen LogP contribution < -0.4 is 4.74 Å². The zero-order valence-corrected chi connectivity index (χ0v) is 20.5. The summed E-state index contributed by atoms with van der Waals surface area (Å²) in [7, 11) is 5.57. The van der Waals surface area contributed by atoms with Gasteiger partial charge in [0.05, 0.1) is 18.7 Å². The monoisotopic (exact) mass is 456 g/mol. The molecule has 1 unspecified atom stereocenters. The Balaban J connectivity index is 2.12. The summed E-state index contributed by atoms with van der Waals surface area (Å²) in [6, 6.07) is 6.77. The molecule has 2 heterocycles. The number of carbonyl (C=O) groups is 2. The smallest absolute Gasteiger partial charge is 0.295 e. The standard InChI is InChI=1S/C25H32N2O4S/c1-15(2)18-14-17(8-9-19(18)31-6)22(28)20-21(24-16(3)10-13-32-24)27(25(30)23(20)29)12-7-11-26(4)5/h8-10,13-15,21,28H,7,11-12H2,1-6H3/b22-20-. The highest BCUT2D eigenvalue weighted by atomic mass is 32.1. The van der Waals surface area contributed by atoms with Gasteiger partial charge in [-0.2, -0.15) is 0 Å². The number of hydrogen-bond acceptors (Lipinski definition) is 6. The summed E-state index contributed by atoms with van der Waals surface area (Å²) in [5.74, 6) is -0.429. The third-order valence-corrected chi connectivity index (χ3v) is 6.89. The number of Topliss-reactive ketones (excluding diaryl/α,β-unsaturated/α-hetero) is 1. The third kappa shape index (κ3) is 4.59. The van der Waals surface area contributed by atoms with Crippen LogP contribution in [0.15, 0.2) is 35.2 Å². The highest BCUT2D eigenvalue weighted by Gasteiger charge is 2.46. The lowest BCUT2D eigenvalue weighted by Gasteiger charge is -2.25. The van der Waals surface area contributed by atoms with Crippen molar-refractivity contribution in [3.63, 3.8) is 0 Å². The van der Waals surface area contributed by atoms with Gasteiger partial charge in [-0.25, -0.2) is 0 Å². The summed E-state index contributed by atoms with van der Waals surface area (Å²) in [6.45, 7) is 7.30. The van der Waals surface area contributed by atoms with E-state index in [1.54, 1.807) is 24.1 Å². The van der Waals surface area contributed by atoms with Gasteiger partial charge in [0.1, 0.15) is 11.5 Å². The number of benzene rings is 1. The molecule has 0 radical (unpaired) electrons. The lowest BCUT2D eigenvalue weighted by Crippen LogP contribution is -2.32. The molecule has 2 aromatic rings. The van der Waals surface area contributed by atoms with Crippen molar-refractivity contribution in [2.24, 2.45) is 0 Å². The fraction of sp³-hybridized carbons (Fsp3) is 0.440. The summed E-state index contributed by atoms with van der Waals surface area (Å²) in [5.41, 5.74) is 2.61. The molecule has 1 aromatic carbocycles. The van der Waals surface area contributed by atoms with Gasteiger partial charge in [-0.1, -0.05) is 13.8 Å². The SMILES string of the molecule is COc1ccc(/C(O)=C2/C(=O)C(=O)N(CCCN(C)C)C2c2sccc2C)cc1C(C)C. The second-order valence-corrected chi connectivity index (χ2v) is 9.68. The minimum Gasteiger partial charge on any atom is -0.507 e. The number of aliphatic hydroxyl groups is 1. The van der Waals surface area contributed by atoms with Crippen molar-refractivity contribution in [3.05, 3.63) is 56.8 Å². The van der Waals surface area contributed by atoms with E-state index in [2.05, 4.69) is 0 Å². The Kier molecular flexibility index (Phi) is 7.41. The number of amides is 1. The van der Waals surface area contributed by atoms with Crippen LogP contribution in [-0.2, 0) is 9.59 Å². The Morgan fingerprint density at radius 2 is 1.97 bits per heavy atom. The molecule has 1 aromatic heterocycles. The average molecular weight is 457 g/mol. The lowest BCUT2D eigenvalue weighted by molar-refractivity contribution is -0.139. The number of thiophene rings is 1. The number of hydrogen-bond donors (Lipinski definition) is 1. The molecule has 172 valence electrons. The predicted octanol–water partition coefficient (Wildman–Crippen LogP) is 4.56. The molecule has 0 aliphatic carbocycles. The van der Waals surface area contributed by atoms with Crippen molar-refractivity contribution in [1.29, 1.82) is 0 Å². The Morgan fingerprint density at radius 3 is 2.53 bits per heavy atom. The molecule has 1 aliphatic rings. The fourth-order valence-corrected chi connectivity index (χ4v) is 5.14. The van der Waals surface area contributed by atoms with Crippen LogP contribution in [0.1, 0.15) is 53.8 Å². The molecule has 1 amide bonds. The number of aryl methyl sites for hydroxylation is 1. The van der Waals surface area contributed by atoms with E-state index in [-0.39, 0.29) is 17.3 Å². The van der Waals surface area contributed by atoms with Crippen LogP contribution in [0.2, 0.25) is 0 Å². The van der Waals surface area contributed by atoms with Gasteiger partial charge in [0.25, 0.3) is 11.7 Å². The van der Waals surface area contributed by atoms with Crippen LogP contribution >= 0.6 is 11.3 Å². The first-order valence-electron chi connectivity index (χ1n) is 10.8. The van der Waals surface area contributed by atoms with Crippen molar-refractivity contribution in [2.75, 3.05) is 34.3 Å². The van der Waals surface area contributed by atoms with Crippen LogP contribution in [0.4, 0.5) is 0 Å². The van der Waals surface area contributed by atoms with Crippen LogP contribution in [-0.4, -0.2) is 60.9 Å². The summed E-state index contributed by atoms with van der Waals surface area (Å²) < 4.78 is 5.45. The summed E-state index contributed by atoms with van der Waals surface area (Å²) >= 11 is 1.50. The molecule has 32 heavy (non-hydrogen) atoms. The highest BCUT2D eigenvalue weighted by molar-refractivity contribution is 7.10. The molecule has 1 aliphatic heterocycles. The van der Waals surface area contributed by atoms with Crippen molar-refractivity contribution < 1.29 is 19.4 Å². The van der Waals surface area contributed by atoms with Crippen LogP contribution in [0.3, 0.4) is 0 Å². The summed E-state index contributed by atoms with van der Waals surface area (Å²) in [6.07, 6.45) is 0.737. The van der Waals surface area contributed by atoms with Gasteiger partial charge in [0, 0.05) is 17.0 Å². The molecule has 1 saturated heterocycles. The molecule has 0 bridgehead atoms. The molecule has 1 N–H and O–H groups in total. The maximum absolute atomic E-state index is 13.1. The zero-order valence-electron chi connectivity index (χ0n) is 19.6. The Hall–Kier alpha value is -2.64. The minimum atomic E-state index is -0.632. The van der Waals surface area contributed by atoms with Gasteiger partial charge in [-0.15, -0.1) is 11.3 Å². The molecular weight excluding hydrogens is 424 g/mol. The fourth-order valence-electron chi connectivity index (χ4n) is 4.09. The number of nitrogens with zero attached hydrogens (tertiary/aromatic N) is 2. The zero-order chi connectivity index (χ0) is 23.6. The summed E-state index contributed by atoms with van der Waals surface area (Å²) in [5, 5.41) is 13.3. The Labute approximate surface area is 194 Å². The van der Waals surface area contributed by atoms with Crippen molar-refractivity contribution >= 4 is 28.8 Å². The van der Waals surface area contributed by atoms with E-state index in [1.807, 2.05) is 57.3 Å². The second kappa shape index (κ2) is 9.88. The second-order valence-electron chi connectivity index (χ2n) is 8.73. The largest absolute Gasteiger partial charge is 0.507 e. The van der Waals surface area contributed by atoms with Gasteiger partial charge in [-0.3, -0.25) is 9.59 Å². The van der Waals surface area contributed by atoms with Crippen molar-refractivity contribution in [2.45, 2.75) is 39.2 Å². The maximum atomic E-state index is 13.1. The molecule has 6 nitrogen and oxygen atoms in total. The number of ketones is 1. The van der Waals surface area contributed by atoms with Crippen LogP contribution in [0.5, 0.6) is 5.75 Å². The lowest BCUT2D eigenvalue weighted by atomic mass is 9.94. The number of methoxy groups -OCH3 is 1. The first kappa shape index (κ1) is 24.0. The normalized spacial score (nSPS) is 18.2. The van der Waals surface area contributed by atoms with E-state index >= 15 is 0 Å². The number of likely N-dealkylation sites (tertiary alicyclic amines) is 1. The molecule has 1 fully saturated rings. The van der Waals surface area contributed by atoms with Crippen molar-refractivity contribution in [3.8, 4) is 5.75 Å². The first-order chi connectivity index (χ1) is 15.2. The molecule has 1 atom stereocenters. The van der Waals surface area contributed by atoms with E-state index in [1.165, 1.54) is 11.3 Å². The predicted molar refractivity (Wildman–Crippen MR) is 128 cm³/mol. The van der Waals surface area contributed by atoms with Gasteiger partial charge in [-0.05, 0) is 80.7 Å². The van der Waals surface area contributed by atoms with Crippen molar-refractivity contribution in [1.82, 2.24) is 9.80 Å². The first-order valence-corrected chi connectivity index (χ1v) is 11.7. The number of ether oxygens (including phenoxy) is 1. The van der Waals surface area contributed by atoms with E-state index in [9.17, 15) is 14.7 Å². The molecule has 0 saturated carbocycles. The maximum Gasteiger partial charge on any atom is 0.295 e. The van der Waals surface area contributed by atoms with E-state index in [0.29, 0.717) is 12.1 Å². The molecule has 3 rings (SSSR count). The molecular formula is C25H32N2O4S. The topological polar surface area (TPSA) is 70.1 Å². The molecule has 7 heteroatoms. The number of aliphatic hydroxyl groups excluding tert-OH is 1. The van der Waals surface area contributed by atoms with Gasteiger partial charge in [0.2, 0.25) is 0 Å². The van der Waals surface area contributed by atoms with Gasteiger partial charge in [0.15, 0.2) is 0 Å². The number of carbonyl (C=O) groups excluding carboxylic acids is 2. The Bertz CT molecular complexity index is 1040. The quantitative estimate of drug-likeness (QED) is 0.358. The Morgan fingerprint density at radius 1 is 1.25 bits per heavy atom. The van der Waals surface area contributed by atoms with E-state index in [0.717, 1.165) is 34.7 Å². The van der Waals surface area contributed by atoms with Crippen LogP contribution in [0, 0.1) is 6.92 Å². The summed E-state index contributed by atoms with van der Waals surface area (Å²) in [4.78, 5) is 30.7. The van der Waals surface area contributed by atoms with E-state index < -0.39 is 17.7 Å². The van der Waals surface area contributed by atoms with Gasteiger partial charge < -0.3 is 19.6 Å². The highest BCUT2D eigenvalue weighted by Crippen LogP contribution is 2.43. The van der Waals surface area contributed by atoms with Gasteiger partial charge >= 0.3 is 0 Å². The molecule has 0 spiro atoms. The van der Waals surface area contributed by atoms with E-state index in [4.69, 9.17) is 4.74 Å². The van der Waals surface area contributed by atoms with Crippen LogP contribution in [0.25, 0.3) is 5.76 Å².